The zero-order chi connectivity index (χ0) is 23.6. The molecule has 0 bridgehead atoms. The van der Waals surface area contributed by atoms with Crippen LogP contribution in [0, 0.1) is 18.6 Å². The van der Waals surface area contributed by atoms with Crippen molar-refractivity contribution in [3.05, 3.63) is 117 Å². The van der Waals surface area contributed by atoms with Crippen LogP contribution in [-0.2, 0) is 18.7 Å². The van der Waals surface area contributed by atoms with Crippen LogP contribution in [0.2, 0.25) is 0 Å². The van der Waals surface area contributed by atoms with E-state index in [0.717, 1.165) is 6.54 Å². The van der Waals surface area contributed by atoms with Gasteiger partial charge in [-0.25, -0.2) is 8.78 Å². The lowest BCUT2D eigenvalue weighted by Crippen LogP contribution is -2.30. The minimum atomic E-state index is -1.84. The van der Waals surface area contributed by atoms with E-state index in [1.54, 1.807) is 29.5 Å². The minimum absolute atomic E-state index is 0.212. The molecule has 6 heteroatoms. The highest BCUT2D eigenvalue weighted by molar-refractivity contribution is 7.11. The summed E-state index contributed by atoms with van der Waals surface area (Å²) in [4.78, 5) is 4.81. The Bertz CT molecular complexity index is 1180. The number of aliphatic hydroxyl groups is 1. The second-order valence-corrected chi connectivity index (χ2v) is 9.88. The third-order valence-electron chi connectivity index (χ3n) is 5.75. The van der Waals surface area contributed by atoms with Crippen LogP contribution in [0.5, 0.6) is 0 Å². The van der Waals surface area contributed by atoms with Gasteiger partial charge in [-0.05, 0) is 80.4 Å². The molecule has 1 N–H and O–H groups in total. The van der Waals surface area contributed by atoms with Crippen molar-refractivity contribution in [3.8, 4) is 0 Å². The smallest absolute Gasteiger partial charge is 0.173 e. The monoisotopic (exact) mass is 467 g/mol. The number of furan rings is 1. The van der Waals surface area contributed by atoms with E-state index >= 15 is 0 Å². The first kappa shape index (κ1) is 23.4. The largest absolute Gasteiger partial charge is 0.461 e. The molecule has 4 aromatic rings. The maximum absolute atomic E-state index is 14.1. The highest BCUT2D eigenvalue weighted by Gasteiger charge is 2.38. The van der Waals surface area contributed by atoms with E-state index in [1.807, 2.05) is 6.07 Å². The number of hydrogen-bond acceptors (Lipinski definition) is 4. The lowest BCUT2D eigenvalue weighted by Gasteiger charge is -2.28. The first-order valence-corrected chi connectivity index (χ1v) is 11.7. The third kappa shape index (κ3) is 5.08. The van der Waals surface area contributed by atoms with Crippen LogP contribution in [0.15, 0.2) is 77.2 Å². The van der Waals surface area contributed by atoms with E-state index in [0.29, 0.717) is 12.3 Å². The predicted molar refractivity (Wildman–Crippen MR) is 127 cm³/mol. The third-order valence-corrected chi connectivity index (χ3v) is 6.73. The standard InChI is InChI=1S/C27H27F2NO2S/c1-18(2)30(17-25-12-10-19(3)33-25)16-24-11-13-26(32-24)27(31,20-6-4-8-22(28)14-20)21-7-5-9-23(29)15-21/h4-15,18,31H,16-17H2,1-3H3. The fraction of sp³-hybridized carbons (Fsp3) is 0.259. The van der Waals surface area contributed by atoms with Crippen molar-refractivity contribution in [1.29, 1.82) is 0 Å². The molecule has 0 fully saturated rings. The molecule has 2 heterocycles. The van der Waals surface area contributed by atoms with Gasteiger partial charge in [-0.3, -0.25) is 4.90 Å². The Hall–Kier alpha value is -2.80. The van der Waals surface area contributed by atoms with Crippen molar-refractivity contribution in [2.45, 2.75) is 45.5 Å². The van der Waals surface area contributed by atoms with E-state index < -0.39 is 17.2 Å². The highest BCUT2D eigenvalue weighted by Crippen LogP contribution is 2.38. The van der Waals surface area contributed by atoms with Crippen molar-refractivity contribution in [2.24, 2.45) is 0 Å². The number of aryl methyl sites for hydroxylation is 1. The van der Waals surface area contributed by atoms with E-state index in [-0.39, 0.29) is 22.9 Å². The van der Waals surface area contributed by atoms with Gasteiger partial charge in [-0.2, -0.15) is 0 Å². The summed E-state index contributed by atoms with van der Waals surface area (Å²) in [6, 6.07) is 19.3. The fourth-order valence-corrected chi connectivity index (χ4v) is 4.84. The van der Waals surface area contributed by atoms with E-state index in [4.69, 9.17) is 4.42 Å². The lowest BCUT2D eigenvalue weighted by molar-refractivity contribution is 0.0935. The maximum Gasteiger partial charge on any atom is 0.173 e. The molecule has 0 atom stereocenters. The number of benzene rings is 2. The Morgan fingerprint density at radius 3 is 2.06 bits per heavy atom. The molecule has 0 spiro atoms. The van der Waals surface area contributed by atoms with Crippen molar-refractivity contribution in [3.63, 3.8) is 0 Å². The van der Waals surface area contributed by atoms with Crippen molar-refractivity contribution < 1.29 is 18.3 Å². The second kappa shape index (κ2) is 9.59. The van der Waals surface area contributed by atoms with Crippen LogP contribution >= 0.6 is 11.3 Å². The van der Waals surface area contributed by atoms with Gasteiger partial charge in [-0.15, -0.1) is 11.3 Å². The van der Waals surface area contributed by atoms with Gasteiger partial charge in [0.2, 0.25) is 0 Å². The SMILES string of the molecule is Cc1ccc(CN(Cc2ccc(C(O)(c3cccc(F)c3)c3cccc(F)c3)o2)C(C)C)s1. The van der Waals surface area contributed by atoms with Crippen molar-refractivity contribution >= 4 is 11.3 Å². The predicted octanol–water partition coefficient (Wildman–Crippen LogP) is 6.62. The summed E-state index contributed by atoms with van der Waals surface area (Å²) >= 11 is 1.77. The number of nitrogens with zero attached hydrogens (tertiary/aromatic N) is 1. The summed E-state index contributed by atoms with van der Waals surface area (Å²) in [6.45, 7) is 7.66. The zero-order valence-corrected chi connectivity index (χ0v) is 19.7. The number of thiophene rings is 1. The molecular formula is C27H27F2NO2S. The number of hydrogen-bond donors (Lipinski definition) is 1. The van der Waals surface area contributed by atoms with Crippen LogP contribution in [0.3, 0.4) is 0 Å². The molecule has 0 saturated heterocycles. The Balaban J connectivity index is 1.69. The molecule has 33 heavy (non-hydrogen) atoms. The van der Waals surface area contributed by atoms with Gasteiger partial charge >= 0.3 is 0 Å². The van der Waals surface area contributed by atoms with Gasteiger partial charge in [-0.1, -0.05) is 24.3 Å². The van der Waals surface area contributed by atoms with Gasteiger partial charge in [0.25, 0.3) is 0 Å². The summed E-state index contributed by atoms with van der Waals surface area (Å²) in [5, 5.41) is 11.8. The molecule has 0 aliphatic heterocycles. The topological polar surface area (TPSA) is 36.6 Å². The van der Waals surface area contributed by atoms with E-state index in [1.165, 1.54) is 46.2 Å². The van der Waals surface area contributed by atoms with Crippen molar-refractivity contribution in [2.75, 3.05) is 0 Å². The number of halogens is 2. The Morgan fingerprint density at radius 1 is 0.909 bits per heavy atom. The summed E-state index contributed by atoms with van der Waals surface area (Å²) in [5.74, 6) is -0.111. The second-order valence-electron chi connectivity index (χ2n) is 8.51. The minimum Gasteiger partial charge on any atom is -0.461 e. The van der Waals surface area contributed by atoms with Crippen LogP contribution < -0.4 is 0 Å². The Morgan fingerprint density at radius 2 is 1.55 bits per heavy atom. The van der Waals surface area contributed by atoms with Gasteiger partial charge in [0.05, 0.1) is 6.54 Å². The lowest BCUT2D eigenvalue weighted by atomic mass is 9.84. The average molecular weight is 468 g/mol. The molecule has 0 aliphatic rings. The van der Waals surface area contributed by atoms with Gasteiger partial charge in [0.15, 0.2) is 5.60 Å². The maximum atomic E-state index is 14.1. The summed E-state index contributed by atoms with van der Waals surface area (Å²) in [5.41, 5.74) is -1.30. The van der Waals surface area contributed by atoms with Gasteiger partial charge < -0.3 is 9.52 Å². The highest BCUT2D eigenvalue weighted by atomic mass is 32.1. The zero-order valence-electron chi connectivity index (χ0n) is 18.9. The summed E-state index contributed by atoms with van der Waals surface area (Å²) < 4.78 is 34.3. The van der Waals surface area contributed by atoms with Crippen LogP contribution in [0.1, 0.15) is 46.2 Å². The molecule has 0 amide bonds. The summed E-state index contributed by atoms with van der Waals surface area (Å²) in [6.07, 6.45) is 0. The van der Waals surface area contributed by atoms with E-state index in [9.17, 15) is 13.9 Å². The molecule has 2 aromatic heterocycles. The molecular weight excluding hydrogens is 440 g/mol. The molecule has 172 valence electrons. The van der Waals surface area contributed by atoms with E-state index in [2.05, 4.69) is 37.8 Å². The normalized spacial score (nSPS) is 12.1. The summed E-state index contributed by atoms with van der Waals surface area (Å²) in [7, 11) is 0. The molecule has 4 rings (SSSR count). The van der Waals surface area contributed by atoms with Gasteiger partial charge in [0.1, 0.15) is 23.2 Å². The quantitative estimate of drug-likeness (QED) is 0.316. The van der Waals surface area contributed by atoms with Gasteiger partial charge in [0, 0.05) is 22.3 Å². The first-order valence-electron chi connectivity index (χ1n) is 10.9. The van der Waals surface area contributed by atoms with Crippen LogP contribution in [-0.4, -0.2) is 16.0 Å². The molecule has 0 unspecified atom stereocenters. The molecule has 0 aliphatic carbocycles. The average Bonchev–Trinajstić information content (AvgIpc) is 3.42. The Kier molecular flexibility index (Phi) is 6.79. The number of rotatable bonds is 8. The molecule has 3 nitrogen and oxygen atoms in total. The fourth-order valence-electron chi connectivity index (χ4n) is 3.93. The van der Waals surface area contributed by atoms with Crippen LogP contribution in [0.25, 0.3) is 0 Å². The molecule has 2 aromatic carbocycles. The first-order chi connectivity index (χ1) is 15.8. The van der Waals surface area contributed by atoms with Crippen molar-refractivity contribution in [1.82, 2.24) is 4.90 Å². The molecule has 0 radical (unpaired) electrons. The van der Waals surface area contributed by atoms with Crippen LogP contribution in [0.4, 0.5) is 8.78 Å². The molecule has 0 saturated carbocycles. The Labute approximate surface area is 196 Å².